The molecule has 0 saturated carbocycles. The summed E-state index contributed by atoms with van der Waals surface area (Å²) < 4.78 is 0. The quantitative estimate of drug-likeness (QED) is 0.671. The third-order valence-corrected chi connectivity index (χ3v) is 5.12. The number of aryl methyl sites for hydroxylation is 1. The minimum Gasteiger partial charge on any atom is -0.328 e. The molecule has 0 radical (unpaired) electrons. The van der Waals surface area contributed by atoms with Crippen LogP contribution in [0.3, 0.4) is 0 Å². The van der Waals surface area contributed by atoms with E-state index in [0.29, 0.717) is 6.54 Å². The first-order valence-electron chi connectivity index (χ1n) is 8.56. The Hall–Kier alpha value is -2.43. The zero-order valence-electron chi connectivity index (χ0n) is 14.3. The minimum atomic E-state index is 0.0192. The largest absolute Gasteiger partial charge is 0.328 e. The number of thiophene rings is 1. The Morgan fingerprint density at radius 1 is 1.08 bits per heavy atom. The lowest BCUT2D eigenvalue weighted by molar-refractivity contribution is -0.675. The maximum absolute atomic E-state index is 12.4. The molecule has 0 fully saturated rings. The zero-order chi connectivity index (χ0) is 17.5. The summed E-state index contributed by atoms with van der Waals surface area (Å²) in [6.45, 7) is 2.49. The van der Waals surface area contributed by atoms with Crippen LogP contribution in [0.15, 0.2) is 72.1 Å². The van der Waals surface area contributed by atoms with Crippen molar-refractivity contribution < 1.29 is 10.1 Å². The van der Waals surface area contributed by atoms with Gasteiger partial charge in [0, 0.05) is 11.3 Å². The van der Waals surface area contributed by atoms with Crippen LogP contribution < -0.4 is 10.6 Å². The smallest absolute Gasteiger partial charge is 0.279 e. The van der Waals surface area contributed by atoms with Crippen LogP contribution in [-0.2, 0) is 11.2 Å². The summed E-state index contributed by atoms with van der Waals surface area (Å²) in [5, 5.41) is 7.18. The number of carbonyl (C=O) groups is 1. The van der Waals surface area contributed by atoms with Gasteiger partial charge in [-0.2, -0.15) is 0 Å². The number of rotatable bonds is 7. The molecule has 3 N–H and O–H groups in total. The maximum atomic E-state index is 12.4. The molecule has 3 nitrogen and oxygen atoms in total. The SMILES string of the molecule is CCc1cccc(NC(=O)C[NH2+][C@@H](c2ccccc2)c2cccs2)c1. The third-order valence-electron chi connectivity index (χ3n) is 4.17. The predicted octanol–water partition coefficient (Wildman–Crippen LogP) is 3.60. The normalized spacial score (nSPS) is 11.9. The number of carbonyl (C=O) groups excluding carboxylic acids is 1. The van der Waals surface area contributed by atoms with Crippen LogP contribution in [-0.4, -0.2) is 12.5 Å². The van der Waals surface area contributed by atoms with Crippen LogP contribution >= 0.6 is 11.3 Å². The van der Waals surface area contributed by atoms with Crippen molar-refractivity contribution in [2.24, 2.45) is 0 Å². The number of amides is 1. The van der Waals surface area contributed by atoms with Crippen molar-refractivity contribution in [3.63, 3.8) is 0 Å². The van der Waals surface area contributed by atoms with E-state index < -0.39 is 0 Å². The van der Waals surface area contributed by atoms with E-state index in [-0.39, 0.29) is 11.9 Å². The lowest BCUT2D eigenvalue weighted by atomic mass is 10.1. The van der Waals surface area contributed by atoms with Gasteiger partial charge in [-0.15, -0.1) is 11.3 Å². The fraction of sp³-hybridized carbons (Fsp3) is 0.190. The Balaban J connectivity index is 1.66. The lowest BCUT2D eigenvalue weighted by Crippen LogP contribution is -2.87. The zero-order valence-corrected chi connectivity index (χ0v) is 15.1. The molecule has 1 aromatic heterocycles. The van der Waals surface area contributed by atoms with Crippen molar-refractivity contribution in [3.05, 3.63) is 88.1 Å². The Bertz CT molecular complexity index is 800. The van der Waals surface area contributed by atoms with Crippen LogP contribution in [0, 0.1) is 0 Å². The molecule has 0 saturated heterocycles. The average Bonchev–Trinajstić information content (AvgIpc) is 3.17. The Kier molecular flexibility index (Phi) is 5.99. The van der Waals surface area contributed by atoms with Crippen LogP contribution in [0.1, 0.15) is 29.0 Å². The van der Waals surface area contributed by atoms with E-state index in [2.05, 4.69) is 53.3 Å². The molecule has 1 amide bonds. The molecule has 0 aliphatic heterocycles. The number of benzene rings is 2. The van der Waals surface area contributed by atoms with E-state index in [1.807, 2.05) is 36.4 Å². The highest BCUT2D eigenvalue weighted by molar-refractivity contribution is 7.10. The van der Waals surface area contributed by atoms with Crippen molar-refractivity contribution in [3.8, 4) is 0 Å². The molecule has 3 aromatic rings. The lowest BCUT2D eigenvalue weighted by Gasteiger charge is -2.15. The van der Waals surface area contributed by atoms with Crippen molar-refractivity contribution in [2.45, 2.75) is 19.4 Å². The molecular weight excluding hydrogens is 328 g/mol. The van der Waals surface area contributed by atoms with Crippen molar-refractivity contribution in [1.82, 2.24) is 0 Å². The summed E-state index contributed by atoms with van der Waals surface area (Å²) in [5.74, 6) is 0.0192. The summed E-state index contributed by atoms with van der Waals surface area (Å²) in [5.41, 5.74) is 3.30. The van der Waals surface area contributed by atoms with Gasteiger partial charge in [-0.05, 0) is 35.6 Å². The number of hydrogen-bond acceptors (Lipinski definition) is 2. The molecule has 0 spiro atoms. The summed E-state index contributed by atoms with van der Waals surface area (Å²) in [6.07, 6.45) is 0.963. The number of anilines is 1. The Morgan fingerprint density at radius 3 is 2.64 bits per heavy atom. The number of quaternary nitrogens is 1. The van der Waals surface area contributed by atoms with Gasteiger partial charge >= 0.3 is 0 Å². The molecule has 0 aliphatic rings. The van der Waals surface area contributed by atoms with Gasteiger partial charge in [0.15, 0.2) is 6.54 Å². The van der Waals surface area contributed by atoms with Gasteiger partial charge in [0.05, 0.1) is 4.88 Å². The molecule has 3 rings (SSSR count). The van der Waals surface area contributed by atoms with Gasteiger partial charge in [-0.3, -0.25) is 4.79 Å². The van der Waals surface area contributed by atoms with E-state index in [0.717, 1.165) is 12.1 Å². The molecule has 0 aliphatic carbocycles. The summed E-state index contributed by atoms with van der Waals surface area (Å²) in [6, 6.07) is 22.7. The summed E-state index contributed by atoms with van der Waals surface area (Å²) >= 11 is 1.72. The van der Waals surface area contributed by atoms with E-state index >= 15 is 0 Å². The molecule has 4 heteroatoms. The van der Waals surface area contributed by atoms with Gasteiger partial charge in [0.1, 0.15) is 6.04 Å². The molecule has 0 unspecified atom stereocenters. The van der Waals surface area contributed by atoms with Crippen LogP contribution in [0.5, 0.6) is 0 Å². The molecular formula is C21H23N2OS+. The summed E-state index contributed by atoms with van der Waals surface area (Å²) in [7, 11) is 0. The van der Waals surface area contributed by atoms with Gasteiger partial charge in [0.25, 0.3) is 5.91 Å². The van der Waals surface area contributed by atoms with Crippen LogP contribution in [0.25, 0.3) is 0 Å². The van der Waals surface area contributed by atoms with Crippen molar-refractivity contribution >= 4 is 22.9 Å². The Morgan fingerprint density at radius 2 is 1.92 bits per heavy atom. The fourth-order valence-electron chi connectivity index (χ4n) is 2.85. The first-order chi connectivity index (χ1) is 12.3. The van der Waals surface area contributed by atoms with Gasteiger partial charge in [0.2, 0.25) is 0 Å². The molecule has 1 atom stereocenters. The number of nitrogens with one attached hydrogen (secondary N) is 1. The summed E-state index contributed by atoms with van der Waals surface area (Å²) in [4.78, 5) is 13.6. The monoisotopic (exact) mass is 351 g/mol. The standard InChI is InChI=1S/C21H22N2OS/c1-2-16-8-6-11-18(14-16)23-20(24)15-22-21(19-12-7-13-25-19)17-9-4-3-5-10-17/h3-14,21-22H,2,15H2,1H3,(H,23,24)/p+1/t21-/m0/s1. The number of nitrogens with two attached hydrogens (primary N) is 1. The fourth-order valence-corrected chi connectivity index (χ4v) is 3.70. The molecule has 2 aromatic carbocycles. The molecule has 25 heavy (non-hydrogen) atoms. The van der Waals surface area contributed by atoms with E-state index in [9.17, 15) is 4.79 Å². The van der Waals surface area contributed by atoms with Crippen LogP contribution in [0.2, 0.25) is 0 Å². The second-order valence-electron chi connectivity index (χ2n) is 5.95. The highest BCUT2D eigenvalue weighted by Crippen LogP contribution is 2.22. The van der Waals surface area contributed by atoms with E-state index in [1.165, 1.54) is 16.0 Å². The topological polar surface area (TPSA) is 45.7 Å². The van der Waals surface area contributed by atoms with Crippen molar-refractivity contribution in [2.75, 3.05) is 11.9 Å². The highest BCUT2D eigenvalue weighted by atomic mass is 32.1. The second-order valence-corrected chi connectivity index (χ2v) is 6.92. The number of hydrogen-bond donors (Lipinski definition) is 2. The van der Waals surface area contributed by atoms with Gasteiger partial charge in [-0.1, -0.05) is 55.5 Å². The van der Waals surface area contributed by atoms with E-state index in [1.54, 1.807) is 11.3 Å². The predicted molar refractivity (Wildman–Crippen MR) is 104 cm³/mol. The average molecular weight is 351 g/mol. The molecule has 128 valence electrons. The molecule has 1 heterocycles. The first-order valence-corrected chi connectivity index (χ1v) is 9.44. The third kappa shape index (κ3) is 4.78. The second kappa shape index (κ2) is 8.60. The highest BCUT2D eigenvalue weighted by Gasteiger charge is 2.19. The minimum absolute atomic E-state index is 0.0192. The Labute approximate surface area is 152 Å². The van der Waals surface area contributed by atoms with Gasteiger partial charge in [-0.25, -0.2) is 0 Å². The van der Waals surface area contributed by atoms with E-state index in [4.69, 9.17) is 0 Å². The van der Waals surface area contributed by atoms with Crippen LogP contribution in [0.4, 0.5) is 5.69 Å². The van der Waals surface area contributed by atoms with Gasteiger partial charge < -0.3 is 10.6 Å². The van der Waals surface area contributed by atoms with Crippen molar-refractivity contribution in [1.29, 1.82) is 0 Å². The first kappa shape index (κ1) is 17.4. The maximum Gasteiger partial charge on any atom is 0.279 e. The molecule has 0 bridgehead atoms.